The Morgan fingerprint density at radius 2 is 2.39 bits per heavy atom. The van der Waals surface area contributed by atoms with Crippen molar-refractivity contribution in [3.8, 4) is 0 Å². The maximum atomic E-state index is 11.9. The molecule has 1 amide bonds. The van der Waals surface area contributed by atoms with Crippen molar-refractivity contribution in [2.24, 2.45) is 0 Å². The first-order chi connectivity index (χ1) is 8.66. The van der Waals surface area contributed by atoms with Crippen LogP contribution in [0, 0.1) is 6.92 Å². The Labute approximate surface area is 118 Å². The van der Waals surface area contributed by atoms with Crippen LogP contribution in [0.1, 0.15) is 21.1 Å². The van der Waals surface area contributed by atoms with Gasteiger partial charge in [-0.25, -0.2) is 9.97 Å². The van der Waals surface area contributed by atoms with Crippen molar-refractivity contribution in [2.75, 3.05) is 6.54 Å². The van der Waals surface area contributed by atoms with Gasteiger partial charge in [0, 0.05) is 24.5 Å². The van der Waals surface area contributed by atoms with Crippen LogP contribution in [0.5, 0.6) is 0 Å². The lowest BCUT2D eigenvalue weighted by atomic mass is 10.2. The van der Waals surface area contributed by atoms with Crippen LogP contribution in [0.25, 0.3) is 0 Å². The number of carbonyl (C=O) groups excluding carboxylic acids is 1. The monoisotopic (exact) mass is 325 g/mol. The number of nitrogens with zero attached hydrogens (tertiary/aromatic N) is 2. The molecule has 2 aromatic heterocycles. The second-order valence-electron chi connectivity index (χ2n) is 3.71. The van der Waals surface area contributed by atoms with Crippen molar-refractivity contribution in [3.63, 3.8) is 0 Å². The first-order valence-corrected chi connectivity index (χ1v) is 7.14. The van der Waals surface area contributed by atoms with Gasteiger partial charge in [0.05, 0.1) is 16.3 Å². The zero-order valence-electron chi connectivity index (χ0n) is 9.81. The normalized spacial score (nSPS) is 10.3. The second-order valence-corrected chi connectivity index (χ2v) is 5.52. The zero-order chi connectivity index (χ0) is 13.0. The van der Waals surface area contributed by atoms with Crippen LogP contribution in [0.2, 0.25) is 0 Å². The molecule has 0 bridgehead atoms. The van der Waals surface area contributed by atoms with Gasteiger partial charge in [0.25, 0.3) is 5.91 Å². The number of thiazole rings is 1. The first-order valence-electron chi connectivity index (χ1n) is 5.46. The van der Waals surface area contributed by atoms with Crippen LogP contribution < -0.4 is 5.32 Å². The lowest BCUT2D eigenvalue weighted by molar-refractivity contribution is 0.0953. The number of aromatic nitrogens is 2. The molecule has 4 nitrogen and oxygen atoms in total. The molecule has 0 fully saturated rings. The topological polar surface area (TPSA) is 54.9 Å². The molecule has 0 saturated carbocycles. The molecule has 0 unspecified atom stereocenters. The standard InChI is InChI=1S/C12H12BrN3OS/c1-8-16-9(7-18-8)4-6-15-12(17)10-3-2-5-14-11(10)13/h2-3,5,7H,4,6H2,1H3,(H,15,17). The van der Waals surface area contributed by atoms with Crippen LogP contribution in [0.3, 0.4) is 0 Å². The Bertz CT molecular complexity index is 556. The second kappa shape index (κ2) is 6.06. The average Bonchev–Trinajstić information content (AvgIpc) is 2.75. The fraction of sp³-hybridized carbons (Fsp3) is 0.250. The molecule has 2 aromatic rings. The number of nitrogens with one attached hydrogen (secondary N) is 1. The summed E-state index contributed by atoms with van der Waals surface area (Å²) in [4.78, 5) is 20.2. The van der Waals surface area contributed by atoms with Gasteiger partial charge in [-0.2, -0.15) is 0 Å². The summed E-state index contributed by atoms with van der Waals surface area (Å²) in [7, 11) is 0. The Hall–Kier alpha value is -1.27. The van der Waals surface area contributed by atoms with E-state index in [1.165, 1.54) is 0 Å². The van der Waals surface area contributed by atoms with Crippen molar-refractivity contribution in [3.05, 3.63) is 44.6 Å². The summed E-state index contributed by atoms with van der Waals surface area (Å²) in [6.45, 7) is 2.54. The molecule has 18 heavy (non-hydrogen) atoms. The number of aryl methyl sites for hydroxylation is 1. The molecule has 0 aliphatic carbocycles. The van der Waals surface area contributed by atoms with Gasteiger partial charge in [0.2, 0.25) is 0 Å². The van der Waals surface area contributed by atoms with Crippen LogP contribution in [0.15, 0.2) is 28.3 Å². The van der Waals surface area contributed by atoms with Crippen molar-refractivity contribution in [1.29, 1.82) is 0 Å². The Morgan fingerprint density at radius 3 is 3.06 bits per heavy atom. The molecule has 0 atom stereocenters. The van der Waals surface area contributed by atoms with E-state index in [0.717, 1.165) is 17.1 Å². The van der Waals surface area contributed by atoms with Gasteiger partial charge in [-0.05, 0) is 35.0 Å². The maximum absolute atomic E-state index is 11.9. The number of hydrogen-bond acceptors (Lipinski definition) is 4. The summed E-state index contributed by atoms with van der Waals surface area (Å²) < 4.78 is 0.562. The van der Waals surface area contributed by atoms with E-state index >= 15 is 0 Å². The van der Waals surface area contributed by atoms with E-state index in [4.69, 9.17) is 0 Å². The van der Waals surface area contributed by atoms with E-state index in [2.05, 4.69) is 31.2 Å². The van der Waals surface area contributed by atoms with Gasteiger partial charge in [0.1, 0.15) is 4.60 Å². The van der Waals surface area contributed by atoms with Crippen molar-refractivity contribution in [2.45, 2.75) is 13.3 Å². The highest BCUT2D eigenvalue weighted by Crippen LogP contribution is 2.12. The van der Waals surface area contributed by atoms with E-state index < -0.39 is 0 Å². The summed E-state index contributed by atoms with van der Waals surface area (Å²) >= 11 is 4.88. The van der Waals surface area contributed by atoms with Crippen LogP contribution in [-0.2, 0) is 6.42 Å². The molecule has 0 radical (unpaired) electrons. The van der Waals surface area contributed by atoms with Crippen LogP contribution >= 0.6 is 27.3 Å². The number of hydrogen-bond donors (Lipinski definition) is 1. The van der Waals surface area contributed by atoms with Crippen LogP contribution in [0.4, 0.5) is 0 Å². The SMILES string of the molecule is Cc1nc(CCNC(=O)c2cccnc2Br)cs1. The molecule has 2 heterocycles. The zero-order valence-corrected chi connectivity index (χ0v) is 12.2. The fourth-order valence-corrected chi connectivity index (χ4v) is 2.56. The Kier molecular flexibility index (Phi) is 4.43. The molecule has 6 heteroatoms. The number of pyridine rings is 1. The summed E-state index contributed by atoms with van der Waals surface area (Å²) in [5, 5.41) is 5.92. The number of carbonyl (C=O) groups is 1. The van der Waals surface area contributed by atoms with E-state index in [0.29, 0.717) is 16.7 Å². The van der Waals surface area contributed by atoms with E-state index in [9.17, 15) is 4.79 Å². The third-order valence-corrected chi connectivity index (χ3v) is 3.79. The molecule has 94 valence electrons. The average molecular weight is 326 g/mol. The third-order valence-electron chi connectivity index (χ3n) is 2.34. The highest BCUT2D eigenvalue weighted by molar-refractivity contribution is 9.10. The highest BCUT2D eigenvalue weighted by atomic mass is 79.9. The largest absolute Gasteiger partial charge is 0.352 e. The minimum atomic E-state index is -0.123. The molecule has 0 aromatic carbocycles. The minimum Gasteiger partial charge on any atom is -0.352 e. The lowest BCUT2D eigenvalue weighted by Crippen LogP contribution is -2.26. The molecule has 0 saturated heterocycles. The quantitative estimate of drug-likeness (QED) is 0.879. The Balaban J connectivity index is 1.87. The van der Waals surface area contributed by atoms with Crippen molar-refractivity contribution >= 4 is 33.2 Å². The fourth-order valence-electron chi connectivity index (χ4n) is 1.48. The molecule has 2 rings (SSSR count). The summed E-state index contributed by atoms with van der Waals surface area (Å²) in [5.41, 5.74) is 1.56. The minimum absolute atomic E-state index is 0.123. The number of amides is 1. The summed E-state index contributed by atoms with van der Waals surface area (Å²) in [6, 6.07) is 3.48. The molecule has 0 aliphatic rings. The first kappa shape index (κ1) is 13.2. The van der Waals surface area contributed by atoms with Crippen LogP contribution in [-0.4, -0.2) is 22.4 Å². The van der Waals surface area contributed by atoms with Crippen molar-refractivity contribution < 1.29 is 4.79 Å². The maximum Gasteiger partial charge on any atom is 0.254 e. The predicted octanol–water partition coefficient (Wildman–Crippen LogP) is 2.58. The lowest BCUT2D eigenvalue weighted by Gasteiger charge is -2.05. The summed E-state index contributed by atoms with van der Waals surface area (Å²) in [6.07, 6.45) is 2.38. The van der Waals surface area contributed by atoms with Gasteiger partial charge in [-0.3, -0.25) is 4.79 Å². The van der Waals surface area contributed by atoms with Gasteiger partial charge in [-0.15, -0.1) is 11.3 Å². The van der Waals surface area contributed by atoms with Gasteiger partial charge in [0.15, 0.2) is 0 Å². The van der Waals surface area contributed by atoms with Gasteiger partial charge < -0.3 is 5.32 Å². The molecular formula is C12H12BrN3OS. The van der Waals surface area contributed by atoms with Gasteiger partial charge >= 0.3 is 0 Å². The Morgan fingerprint density at radius 1 is 1.56 bits per heavy atom. The summed E-state index contributed by atoms with van der Waals surface area (Å²) in [5.74, 6) is -0.123. The van der Waals surface area contributed by atoms with E-state index in [1.807, 2.05) is 12.3 Å². The number of rotatable bonds is 4. The molecule has 1 N–H and O–H groups in total. The van der Waals surface area contributed by atoms with E-state index in [1.54, 1.807) is 29.7 Å². The highest BCUT2D eigenvalue weighted by Gasteiger charge is 2.09. The molecule has 0 aliphatic heterocycles. The predicted molar refractivity (Wildman–Crippen MR) is 74.8 cm³/mol. The number of halogens is 1. The smallest absolute Gasteiger partial charge is 0.254 e. The third kappa shape index (κ3) is 3.36. The molecule has 0 spiro atoms. The van der Waals surface area contributed by atoms with E-state index in [-0.39, 0.29) is 5.91 Å². The van der Waals surface area contributed by atoms with Gasteiger partial charge in [-0.1, -0.05) is 0 Å². The van der Waals surface area contributed by atoms with Crippen molar-refractivity contribution in [1.82, 2.24) is 15.3 Å². The molecular weight excluding hydrogens is 314 g/mol.